The summed E-state index contributed by atoms with van der Waals surface area (Å²) in [6, 6.07) is 6.95. The van der Waals surface area contributed by atoms with E-state index in [4.69, 9.17) is 0 Å². The second-order valence-electron chi connectivity index (χ2n) is 5.64. The Morgan fingerprint density at radius 2 is 1.71 bits per heavy atom. The number of rotatable bonds is 6. The lowest BCUT2D eigenvalue weighted by Crippen LogP contribution is -2.33. The molecule has 1 fully saturated rings. The molecule has 118 valence electrons. The Kier molecular flexibility index (Phi) is 5.61. The summed E-state index contributed by atoms with van der Waals surface area (Å²) in [4.78, 5) is 2.80. The van der Waals surface area contributed by atoms with Gasteiger partial charge in [-0.05, 0) is 50.2 Å². The molecule has 0 amide bonds. The van der Waals surface area contributed by atoms with Gasteiger partial charge in [0.2, 0.25) is 10.0 Å². The molecule has 1 N–H and O–H groups in total. The van der Waals surface area contributed by atoms with Gasteiger partial charge in [0.05, 0.1) is 4.90 Å². The van der Waals surface area contributed by atoms with Gasteiger partial charge < -0.3 is 10.2 Å². The van der Waals surface area contributed by atoms with Crippen LogP contribution >= 0.6 is 0 Å². The summed E-state index contributed by atoms with van der Waals surface area (Å²) >= 11 is 0. The van der Waals surface area contributed by atoms with Crippen molar-refractivity contribution >= 4 is 15.7 Å². The van der Waals surface area contributed by atoms with Crippen LogP contribution in [0.4, 0.5) is 5.69 Å². The molecule has 21 heavy (non-hydrogen) atoms. The van der Waals surface area contributed by atoms with Crippen molar-refractivity contribution in [2.45, 2.75) is 24.2 Å². The summed E-state index contributed by atoms with van der Waals surface area (Å²) in [5, 5.41) is 3.35. The van der Waals surface area contributed by atoms with Gasteiger partial charge in [-0.25, -0.2) is 12.7 Å². The second-order valence-corrected chi connectivity index (χ2v) is 7.79. The fourth-order valence-electron chi connectivity index (χ4n) is 2.50. The third-order valence-corrected chi connectivity index (χ3v) is 5.67. The minimum absolute atomic E-state index is 0.328. The summed E-state index contributed by atoms with van der Waals surface area (Å²) in [6.45, 7) is 4.32. The zero-order valence-corrected chi connectivity index (χ0v) is 13.7. The van der Waals surface area contributed by atoms with E-state index in [1.807, 2.05) is 12.1 Å². The molecule has 0 atom stereocenters. The van der Waals surface area contributed by atoms with Gasteiger partial charge in [-0.15, -0.1) is 0 Å². The molecule has 1 aromatic carbocycles. The third kappa shape index (κ3) is 4.43. The number of likely N-dealkylation sites (tertiary alicyclic amines) is 1. The summed E-state index contributed by atoms with van der Waals surface area (Å²) in [7, 11) is -0.250. The van der Waals surface area contributed by atoms with Gasteiger partial charge >= 0.3 is 0 Å². The van der Waals surface area contributed by atoms with Crippen LogP contribution in [0.3, 0.4) is 0 Å². The lowest BCUT2D eigenvalue weighted by atomic mass is 10.1. The van der Waals surface area contributed by atoms with Gasteiger partial charge in [-0.1, -0.05) is 6.42 Å². The first-order chi connectivity index (χ1) is 10.00. The first-order valence-electron chi connectivity index (χ1n) is 7.49. The summed E-state index contributed by atoms with van der Waals surface area (Å²) in [5.74, 6) is 0. The van der Waals surface area contributed by atoms with E-state index in [1.165, 1.54) is 36.7 Å². The monoisotopic (exact) mass is 311 g/mol. The predicted molar refractivity (Wildman–Crippen MR) is 86.1 cm³/mol. The maximum absolute atomic E-state index is 12.0. The normalized spacial score (nSPS) is 17.1. The Balaban J connectivity index is 1.85. The lowest BCUT2D eigenvalue weighted by Gasteiger charge is -2.26. The minimum atomic E-state index is -3.33. The molecule has 0 saturated carbocycles. The topological polar surface area (TPSA) is 52.7 Å². The molecule has 0 spiro atoms. The van der Waals surface area contributed by atoms with Gasteiger partial charge in [-0.2, -0.15) is 0 Å². The fourth-order valence-corrected chi connectivity index (χ4v) is 3.40. The molecule has 0 aromatic heterocycles. The van der Waals surface area contributed by atoms with Crippen molar-refractivity contribution in [3.63, 3.8) is 0 Å². The third-order valence-electron chi connectivity index (χ3n) is 3.84. The van der Waals surface area contributed by atoms with E-state index in [0.717, 1.165) is 18.8 Å². The largest absolute Gasteiger partial charge is 0.384 e. The Morgan fingerprint density at radius 3 is 2.29 bits per heavy atom. The molecule has 1 aromatic rings. The summed E-state index contributed by atoms with van der Waals surface area (Å²) < 4.78 is 25.2. The molecule has 6 heteroatoms. The summed E-state index contributed by atoms with van der Waals surface area (Å²) in [6.07, 6.45) is 3.96. The number of nitrogens with zero attached hydrogens (tertiary/aromatic N) is 2. The van der Waals surface area contributed by atoms with Crippen LogP contribution in [0.2, 0.25) is 0 Å². The quantitative estimate of drug-likeness (QED) is 0.871. The number of piperidine rings is 1. The van der Waals surface area contributed by atoms with Gasteiger partial charge in [-0.3, -0.25) is 0 Å². The molecule has 0 bridgehead atoms. The Bertz CT molecular complexity index is 535. The van der Waals surface area contributed by atoms with Crippen LogP contribution in [0.5, 0.6) is 0 Å². The highest BCUT2D eigenvalue weighted by molar-refractivity contribution is 7.89. The van der Waals surface area contributed by atoms with Crippen molar-refractivity contribution in [3.05, 3.63) is 24.3 Å². The molecule has 1 aliphatic heterocycles. The average Bonchev–Trinajstić information content (AvgIpc) is 2.49. The van der Waals surface area contributed by atoms with Crippen LogP contribution in [0.1, 0.15) is 19.3 Å². The van der Waals surface area contributed by atoms with E-state index >= 15 is 0 Å². The zero-order valence-electron chi connectivity index (χ0n) is 12.9. The number of benzene rings is 1. The fraction of sp³-hybridized carbons (Fsp3) is 0.600. The van der Waals surface area contributed by atoms with Crippen molar-refractivity contribution in [2.75, 3.05) is 45.6 Å². The number of anilines is 1. The van der Waals surface area contributed by atoms with Crippen molar-refractivity contribution < 1.29 is 8.42 Å². The number of sulfonamides is 1. The van der Waals surface area contributed by atoms with Crippen LogP contribution in [0.25, 0.3) is 0 Å². The molecule has 5 nitrogen and oxygen atoms in total. The van der Waals surface area contributed by atoms with Crippen molar-refractivity contribution in [2.24, 2.45) is 0 Å². The first-order valence-corrected chi connectivity index (χ1v) is 8.93. The lowest BCUT2D eigenvalue weighted by molar-refractivity contribution is 0.237. The Hall–Kier alpha value is -1.11. The van der Waals surface area contributed by atoms with Crippen LogP contribution in [0, 0.1) is 0 Å². The van der Waals surface area contributed by atoms with Crippen LogP contribution in [-0.4, -0.2) is 57.9 Å². The molecule has 0 aliphatic carbocycles. The zero-order chi connectivity index (χ0) is 15.3. The smallest absolute Gasteiger partial charge is 0.242 e. The molecule has 1 aliphatic rings. The van der Waals surface area contributed by atoms with E-state index in [0.29, 0.717) is 4.90 Å². The van der Waals surface area contributed by atoms with Crippen LogP contribution in [0.15, 0.2) is 29.2 Å². The van der Waals surface area contributed by atoms with E-state index in [9.17, 15) is 8.42 Å². The predicted octanol–water partition coefficient (Wildman–Crippen LogP) is 1.83. The van der Waals surface area contributed by atoms with Crippen molar-refractivity contribution in [1.82, 2.24) is 9.21 Å². The summed E-state index contributed by atoms with van der Waals surface area (Å²) in [5.41, 5.74) is 0.963. The Morgan fingerprint density at radius 1 is 1.10 bits per heavy atom. The molecule has 1 heterocycles. The molecule has 0 radical (unpaired) electrons. The molecular formula is C15H25N3O2S. The Labute approximate surface area is 128 Å². The van der Waals surface area contributed by atoms with Gasteiger partial charge in [0.1, 0.15) is 0 Å². The minimum Gasteiger partial charge on any atom is -0.384 e. The number of hydrogen-bond acceptors (Lipinski definition) is 4. The van der Waals surface area contributed by atoms with Gasteiger partial charge in [0.25, 0.3) is 0 Å². The highest BCUT2D eigenvalue weighted by Crippen LogP contribution is 2.16. The van der Waals surface area contributed by atoms with E-state index in [2.05, 4.69) is 10.2 Å². The maximum atomic E-state index is 12.0. The standard InChI is InChI=1S/C15H25N3O2S/c1-17(2)21(19,20)15-8-6-14(7-9-15)16-10-13-18-11-4-3-5-12-18/h6-9,16H,3-5,10-13H2,1-2H3. The highest BCUT2D eigenvalue weighted by atomic mass is 32.2. The molecule has 2 rings (SSSR count). The first kappa shape index (κ1) is 16.3. The van der Waals surface area contributed by atoms with E-state index in [-0.39, 0.29) is 0 Å². The van der Waals surface area contributed by atoms with Gasteiger partial charge in [0, 0.05) is 32.9 Å². The number of nitrogens with one attached hydrogen (secondary N) is 1. The van der Waals surface area contributed by atoms with Gasteiger partial charge in [0.15, 0.2) is 0 Å². The highest BCUT2D eigenvalue weighted by Gasteiger charge is 2.16. The van der Waals surface area contributed by atoms with Crippen LogP contribution in [-0.2, 0) is 10.0 Å². The van der Waals surface area contributed by atoms with E-state index in [1.54, 1.807) is 26.2 Å². The number of hydrogen-bond donors (Lipinski definition) is 1. The average molecular weight is 311 g/mol. The SMILES string of the molecule is CN(C)S(=O)(=O)c1ccc(NCCN2CCCCC2)cc1. The van der Waals surface area contributed by atoms with Crippen molar-refractivity contribution in [1.29, 1.82) is 0 Å². The molecular weight excluding hydrogens is 286 g/mol. The maximum Gasteiger partial charge on any atom is 0.242 e. The van der Waals surface area contributed by atoms with Crippen molar-refractivity contribution in [3.8, 4) is 0 Å². The molecule has 1 saturated heterocycles. The molecule has 0 unspecified atom stereocenters. The van der Waals surface area contributed by atoms with E-state index < -0.39 is 10.0 Å². The van der Waals surface area contributed by atoms with Crippen LogP contribution < -0.4 is 5.32 Å². The second kappa shape index (κ2) is 7.24.